The molecule has 23 heavy (non-hydrogen) atoms. The van der Waals surface area contributed by atoms with Crippen LogP contribution in [0.1, 0.15) is 36.5 Å². The van der Waals surface area contributed by atoms with Crippen LogP contribution >= 0.6 is 24.0 Å². The maximum absolute atomic E-state index is 11.7. The third-order valence-electron chi connectivity index (χ3n) is 3.61. The Hall–Kier alpha value is -1.31. The maximum Gasteiger partial charge on any atom is 0.239 e. The Morgan fingerprint density at radius 1 is 1.26 bits per heavy atom. The molecule has 0 unspecified atom stereocenters. The van der Waals surface area contributed by atoms with Crippen molar-refractivity contribution in [3.63, 3.8) is 0 Å². The van der Waals surface area contributed by atoms with Gasteiger partial charge in [0.25, 0.3) is 0 Å². The number of carbonyl (C=O) groups excluding carboxylic acids is 1. The number of rotatable bonds is 6. The van der Waals surface area contributed by atoms with Crippen LogP contribution in [0.4, 0.5) is 0 Å². The van der Waals surface area contributed by atoms with Crippen LogP contribution in [0.15, 0.2) is 23.2 Å². The lowest BCUT2D eigenvalue weighted by Gasteiger charge is -2.12. The average Bonchev–Trinajstić information content (AvgIpc) is 3.27. The molecule has 0 saturated heterocycles. The molecule has 1 aliphatic carbocycles. The SMILES string of the molecule is CCNC(=NCc1ccc(C)cc1C)NCC(=O)NC1CC1.I. The van der Waals surface area contributed by atoms with Crippen LogP contribution in [-0.2, 0) is 11.3 Å². The van der Waals surface area contributed by atoms with Crippen LogP contribution in [0.2, 0.25) is 0 Å². The van der Waals surface area contributed by atoms with Gasteiger partial charge in [0.1, 0.15) is 0 Å². The summed E-state index contributed by atoms with van der Waals surface area (Å²) in [7, 11) is 0. The van der Waals surface area contributed by atoms with E-state index in [0.29, 0.717) is 18.5 Å². The topological polar surface area (TPSA) is 65.5 Å². The van der Waals surface area contributed by atoms with E-state index in [1.54, 1.807) is 0 Å². The molecule has 0 bridgehead atoms. The maximum atomic E-state index is 11.7. The first-order chi connectivity index (χ1) is 10.6. The monoisotopic (exact) mass is 430 g/mol. The fraction of sp³-hybridized carbons (Fsp3) is 0.529. The first kappa shape index (κ1) is 19.7. The molecule has 0 radical (unpaired) electrons. The summed E-state index contributed by atoms with van der Waals surface area (Å²) >= 11 is 0. The smallest absolute Gasteiger partial charge is 0.239 e. The summed E-state index contributed by atoms with van der Waals surface area (Å²) in [6.45, 7) is 7.83. The molecule has 3 N–H and O–H groups in total. The predicted molar refractivity (Wildman–Crippen MR) is 105 cm³/mol. The van der Waals surface area contributed by atoms with Crippen molar-refractivity contribution in [3.05, 3.63) is 34.9 Å². The van der Waals surface area contributed by atoms with Gasteiger partial charge < -0.3 is 16.0 Å². The number of nitrogens with zero attached hydrogens (tertiary/aromatic N) is 1. The second-order valence-corrected chi connectivity index (χ2v) is 5.82. The number of nitrogens with one attached hydrogen (secondary N) is 3. The summed E-state index contributed by atoms with van der Waals surface area (Å²) in [4.78, 5) is 16.3. The van der Waals surface area contributed by atoms with E-state index in [9.17, 15) is 4.79 Å². The number of halogens is 1. The van der Waals surface area contributed by atoms with Gasteiger partial charge in [-0.05, 0) is 44.7 Å². The van der Waals surface area contributed by atoms with Crippen molar-refractivity contribution >= 4 is 35.8 Å². The molecule has 2 rings (SSSR count). The molecule has 1 aliphatic rings. The molecule has 0 spiro atoms. The molecule has 5 nitrogen and oxygen atoms in total. The van der Waals surface area contributed by atoms with Crippen LogP contribution < -0.4 is 16.0 Å². The number of guanidine groups is 1. The molecule has 128 valence electrons. The predicted octanol–water partition coefficient (Wildman–Crippen LogP) is 2.26. The molecular formula is C17H27IN4O. The Bertz CT molecular complexity index is 556. The Balaban J connectivity index is 0.00000264. The van der Waals surface area contributed by atoms with E-state index in [4.69, 9.17) is 0 Å². The first-order valence-electron chi connectivity index (χ1n) is 7.96. The normalized spacial score (nSPS) is 14.0. The van der Waals surface area contributed by atoms with E-state index in [2.05, 4.69) is 53.0 Å². The Labute approximate surface area is 155 Å². The summed E-state index contributed by atoms with van der Waals surface area (Å²) in [5.74, 6) is 0.702. The van der Waals surface area contributed by atoms with Crippen LogP contribution in [0.5, 0.6) is 0 Å². The highest BCUT2D eigenvalue weighted by atomic mass is 127. The first-order valence-corrected chi connectivity index (χ1v) is 7.96. The van der Waals surface area contributed by atoms with Gasteiger partial charge in [0, 0.05) is 12.6 Å². The summed E-state index contributed by atoms with van der Waals surface area (Å²) in [5, 5.41) is 9.20. The Morgan fingerprint density at radius 3 is 2.61 bits per heavy atom. The number of hydrogen-bond donors (Lipinski definition) is 3. The van der Waals surface area contributed by atoms with Gasteiger partial charge >= 0.3 is 0 Å². The van der Waals surface area contributed by atoms with E-state index < -0.39 is 0 Å². The molecule has 6 heteroatoms. The molecule has 1 saturated carbocycles. The molecule has 1 aromatic rings. The van der Waals surface area contributed by atoms with Gasteiger partial charge in [-0.2, -0.15) is 0 Å². The van der Waals surface area contributed by atoms with E-state index >= 15 is 0 Å². The molecular weight excluding hydrogens is 403 g/mol. The van der Waals surface area contributed by atoms with Crippen molar-refractivity contribution in [2.24, 2.45) is 4.99 Å². The summed E-state index contributed by atoms with van der Waals surface area (Å²) in [6, 6.07) is 6.76. The standard InChI is InChI=1S/C17H26N4O.HI/c1-4-18-17(20-11-16(22)21-15-7-8-15)19-10-14-6-5-12(2)9-13(14)3;/h5-6,9,15H,4,7-8,10-11H2,1-3H3,(H,21,22)(H2,18,19,20);1H. The van der Waals surface area contributed by atoms with Crippen molar-refractivity contribution in [3.8, 4) is 0 Å². The molecule has 0 atom stereocenters. The number of hydrogen-bond acceptors (Lipinski definition) is 2. The zero-order valence-corrected chi connectivity index (χ0v) is 16.4. The van der Waals surface area contributed by atoms with Crippen LogP contribution in [0.3, 0.4) is 0 Å². The lowest BCUT2D eigenvalue weighted by atomic mass is 10.1. The number of carbonyl (C=O) groups is 1. The largest absolute Gasteiger partial charge is 0.357 e. The van der Waals surface area contributed by atoms with Crippen LogP contribution in [0, 0.1) is 13.8 Å². The van der Waals surface area contributed by atoms with E-state index in [0.717, 1.165) is 19.4 Å². The van der Waals surface area contributed by atoms with Crippen molar-refractivity contribution < 1.29 is 4.79 Å². The minimum Gasteiger partial charge on any atom is -0.357 e. The van der Waals surface area contributed by atoms with Crippen molar-refractivity contribution in [1.82, 2.24) is 16.0 Å². The van der Waals surface area contributed by atoms with Gasteiger partial charge in [-0.25, -0.2) is 4.99 Å². The molecule has 0 aliphatic heterocycles. The number of aryl methyl sites for hydroxylation is 2. The summed E-state index contributed by atoms with van der Waals surface area (Å²) in [6.07, 6.45) is 2.21. The van der Waals surface area contributed by atoms with Gasteiger partial charge in [0.2, 0.25) is 5.91 Å². The molecule has 0 heterocycles. The minimum absolute atomic E-state index is 0. The van der Waals surface area contributed by atoms with E-state index in [-0.39, 0.29) is 36.4 Å². The second kappa shape index (κ2) is 9.75. The lowest BCUT2D eigenvalue weighted by Crippen LogP contribution is -2.43. The highest BCUT2D eigenvalue weighted by molar-refractivity contribution is 14.0. The third-order valence-corrected chi connectivity index (χ3v) is 3.61. The van der Waals surface area contributed by atoms with Crippen LogP contribution in [-0.4, -0.2) is 31.0 Å². The van der Waals surface area contributed by atoms with Gasteiger partial charge in [-0.3, -0.25) is 4.79 Å². The molecule has 1 fully saturated rings. The molecule has 1 aromatic carbocycles. The number of benzene rings is 1. The Kier molecular flexibility index (Phi) is 8.36. The van der Waals surface area contributed by atoms with Gasteiger partial charge in [-0.1, -0.05) is 23.8 Å². The highest BCUT2D eigenvalue weighted by Crippen LogP contribution is 2.18. The fourth-order valence-electron chi connectivity index (χ4n) is 2.20. The number of aliphatic imine (C=N–C) groups is 1. The summed E-state index contributed by atoms with van der Waals surface area (Å²) < 4.78 is 0. The molecule has 0 aromatic heterocycles. The van der Waals surface area contributed by atoms with E-state index in [1.807, 2.05) is 6.92 Å². The van der Waals surface area contributed by atoms with Crippen molar-refractivity contribution in [2.45, 2.75) is 46.2 Å². The molecule has 1 amide bonds. The zero-order chi connectivity index (χ0) is 15.9. The third kappa shape index (κ3) is 7.20. The fourth-order valence-corrected chi connectivity index (χ4v) is 2.20. The highest BCUT2D eigenvalue weighted by Gasteiger charge is 2.22. The minimum atomic E-state index is 0. The van der Waals surface area contributed by atoms with Crippen molar-refractivity contribution in [2.75, 3.05) is 13.1 Å². The lowest BCUT2D eigenvalue weighted by molar-refractivity contribution is -0.120. The van der Waals surface area contributed by atoms with Gasteiger partial charge in [-0.15, -0.1) is 24.0 Å². The average molecular weight is 430 g/mol. The number of amides is 1. The van der Waals surface area contributed by atoms with Crippen molar-refractivity contribution in [1.29, 1.82) is 0 Å². The Morgan fingerprint density at radius 2 is 2.00 bits per heavy atom. The van der Waals surface area contributed by atoms with E-state index in [1.165, 1.54) is 16.7 Å². The van der Waals surface area contributed by atoms with Gasteiger partial charge in [0.05, 0.1) is 13.1 Å². The zero-order valence-electron chi connectivity index (χ0n) is 14.1. The van der Waals surface area contributed by atoms with Gasteiger partial charge in [0.15, 0.2) is 5.96 Å². The summed E-state index contributed by atoms with van der Waals surface area (Å²) in [5.41, 5.74) is 3.70. The quantitative estimate of drug-likeness (QED) is 0.369. The second-order valence-electron chi connectivity index (χ2n) is 5.82. The van der Waals surface area contributed by atoms with Crippen LogP contribution in [0.25, 0.3) is 0 Å².